The Kier molecular flexibility index (Phi) is 10.6. The van der Waals surface area contributed by atoms with Crippen LogP contribution in [0.2, 0.25) is 0 Å². The molecular weight excluding hydrogens is 488 g/mol. The topological polar surface area (TPSA) is 0 Å². The molecule has 0 saturated carbocycles. The molecule has 0 nitrogen and oxygen atoms in total. The second kappa shape index (κ2) is 9.98. The SMILES string of the molecule is Brc1[c-]cc(Br)c(Br)c1Br.[Mg+2].[c-]1ccccc1. The van der Waals surface area contributed by atoms with E-state index < -0.39 is 0 Å². The Morgan fingerprint density at radius 2 is 1.41 bits per heavy atom. The quantitative estimate of drug-likeness (QED) is 0.193. The number of hydrogen-bond acceptors (Lipinski definition) is 0. The van der Waals surface area contributed by atoms with Crippen molar-refractivity contribution in [1.82, 2.24) is 0 Å². The monoisotopic (exact) mass is 490 g/mol. The Balaban J connectivity index is 0.000000316. The van der Waals surface area contributed by atoms with Crippen LogP contribution in [0.1, 0.15) is 0 Å². The Morgan fingerprint density at radius 3 is 1.76 bits per heavy atom. The summed E-state index contributed by atoms with van der Waals surface area (Å²) in [7, 11) is 0. The van der Waals surface area contributed by atoms with Gasteiger partial charge in [-0.15, -0.1) is 31.9 Å². The van der Waals surface area contributed by atoms with Crippen LogP contribution in [0.15, 0.2) is 54.3 Å². The fraction of sp³-hybridized carbons (Fsp3) is 0. The van der Waals surface area contributed by atoms with Crippen molar-refractivity contribution in [2.24, 2.45) is 0 Å². The van der Waals surface area contributed by atoms with Crippen molar-refractivity contribution in [1.29, 1.82) is 0 Å². The summed E-state index contributed by atoms with van der Waals surface area (Å²) in [5, 5.41) is 0. The average Bonchev–Trinajstić information content (AvgIpc) is 2.35. The standard InChI is InChI=1S/C6HBr4.C6H5.Mg/c7-3-1-2-4(8)6(10)5(3)9;1-2-4-6-5-3-1;/h1H;1-5H;/q2*-1;+2. The van der Waals surface area contributed by atoms with Crippen molar-refractivity contribution >= 4 is 86.8 Å². The third-order valence-electron chi connectivity index (χ3n) is 1.53. The molecular formula is C12H6Br4Mg. The zero-order valence-electron chi connectivity index (χ0n) is 8.68. The van der Waals surface area contributed by atoms with Crippen LogP contribution in [0.5, 0.6) is 0 Å². The van der Waals surface area contributed by atoms with E-state index in [1.165, 1.54) is 0 Å². The van der Waals surface area contributed by atoms with Gasteiger partial charge in [0.1, 0.15) is 0 Å². The molecule has 2 aromatic rings. The van der Waals surface area contributed by atoms with E-state index in [0.29, 0.717) is 0 Å². The third kappa shape index (κ3) is 6.73. The molecule has 0 aliphatic heterocycles. The molecule has 2 aromatic carbocycles. The van der Waals surface area contributed by atoms with E-state index in [0.717, 1.165) is 17.9 Å². The van der Waals surface area contributed by atoms with E-state index in [-0.39, 0.29) is 23.1 Å². The molecule has 0 saturated heterocycles. The van der Waals surface area contributed by atoms with Crippen molar-refractivity contribution in [2.45, 2.75) is 0 Å². The van der Waals surface area contributed by atoms with Crippen LogP contribution in [-0.2, 0) is 0 Å². The molecule has 0 fully saturated rings. The minimum atomic E-state index is 0. The molecule has 0 amide bonds. The van der Waals surface area contributed by atoms with E-state index in [1.807, 2.05) is 36.4 Å². The van der Waals surface area contributed by atoms with Gasteiger partial charge in [0.15, 0.2) is 0 Å². The van der Waals surface area contributed by atoms with Crippen molar-refractivity contribution in [3.63, 3.8) is 0 Å². The number of rotatable bonds is 0. The van der Waals surface area contributed by atoms with Crippen molar-refractivity contribution < 1.29 is 0 Å². The molecule has 0 unspecified atom stereocenters. The summed E-state index contributed by atoms with van der Waals surface area (Å²) in [6, 6.07) is 17.3. The first-order valence-corrected chi connectivity index (χ1v) is 7.42. The molecule has 0 spiro atoms. The Bertz CT molecular complexity index is 392. The Morgan fingerprint density at radius 1 is 0.824 bits per heavy atom. The number of benzene rings is 2. The van der Waals surface area contributed by atoms with E-state index in [9.17, 15) is 0 Å². The average molecular weight is 494 g/mol. The second-order valence-corrected chi connectivity index (χ2v) is 5.89. The molecule has 0 aromatic heterocycles. The summed E-state index contributed by atoms with van der Waals surface area (Å²) in [4.78, 5) is 0. The first kappa shape index (κ1) is 18.1. The van der Waals surface area contributed by atoms with Crippen LogP contribution < -0.4 is 0 Å². The van der Waals surface area contributed by atoms with Gasteiger partial charge in [0.25, 0.3) is 0 Å². The normalized spacial score (nSPS) is 8.71. The Labute approximate surface area is 151 Å². The van der Waals surface area contributed by atoms with Gasteiger partial charge in [-0.05, 0) is 0 Å². The molecule has 17 heavy (non-hydrogen) atoms. The smallest absolute Gasteiger partial charge is 0.184 e. The zero-order valence-corrected chi connectivity index (χ0v) is 16.4. The van der Waals surface area contributed by atoms with Gasteiger partial charge in [-0.3, -0.25) is 0 Å². The summed E-state index contributed by atoms with van der Waals surface area (Å²) in [5.74, 6) is 0. The van der Waals surface area contributed by atoms with Gasteiger partial charge in [0.2, 0.25) is 0 Å². The minimum absolute atomic E-state index is 0. The van der Waals surface area contributed by atoms with Crippen LogP contribution >= 0.6 is 63.7 Å². The van der Waals surface area contributed by atoms with Gasteiger partial charge in [0.05, 0.1) is 0 Å². The summed E-state index contributed by atoms with van der Waals surface area (Å²) < 4.78 is 3.88. The summed E-state index contributed by atoms with van der Waals surface area (Å²) in [6.07, 6.45) is 0. The zero-order chi connectivity index (χ0) is 12.0. The summed E-state index contributed by atoms with van der Waals surface area (Å²) in [5.41, 5.74) is 0. The van der Waals surface area contributed by atoms with Gasteiger partial charge in [0, 0.05) is 0 Å². The first-order valence-electron chi connectivity index (χ1n) is 4.24. The van der Waals surface area contributed by atoms with Crippen LogP contribution in [0, 0.1) is 12.1 Å². The van der Waals surface area contributed by atoms with Crippen molar-refractivity contribution in [3.8, 4) is 0 Å². The van der Waals surface area contributed by atoms with Crippen LogP contribution in [0.4, 0.5) is 0 Å². The molecule has 0 bridgehead atoms. The third-order valence-corrected chi connectivity index (χ3v) is 5.99. The molecule has 84 valence electrons. The van der Waals surface area contributed by atoms with Crippen molar-refractivity contribution in [3.05, 3.63) is 66.4 Å². The van der Waals surface area contributed by atoms with Gasteiger partial charge in [-0.2, -0.15) is 48.5 Å². The number of hydrogen-bond donors (Lipinski definition) is 0. The molecule has 0 N–H and O–H groups in total. The predicted octanol–water partition coefficient (Wildman–Crippen LogP) is 5.64. The molecule has 0 atom stereocenters. The van der Waals surface area contributed by atoms with Gasteiger partial charge in [-0.25, -0.2) is 0 Å². The van der Waals surface area contributed by atoms with E-state index in [4.69, 9.17) is 0 Å². The van der Waals surface area contributed by atoms with Crippen molar-refractivity contribution in [2.75, 3.05) is 0 Å². The van der Waals surface area contributed by atoms with Crippen LogP contribution in [-0.4, -0.2) is 23.1 Å². The Hall–Kier alpha value is 1.13. The first-order chi connectivity index (χ1) is 7.63. The van der Waals surface area contributed by atoms with Gasteiger partial charge >= 0.3 is 23.1 Å². The predicted molar refractivity (Wildman–Crippen MR) is 87.1 cm³/mol. The van der Waals surface area contributed by atoms with E-state index in [2.05, 4.69) is 75.9 Å². The van der Waals surface area contributed by atoms with Gasteiger partial charge < -0.3 is 0 Å². The molecule has 5 heteroatoms. The van der Waals surface area contributed by atoms with Crippen LogP contribution in [0.3, 0.4) is 0 Å². The van der Waals surface area contributed by atoms with E-state index in [1.54, 1.807) is 0 Å². The maximum atomic E-state index is 3.39. The molecule has 0 radical (unpaired) electrons. The van der Waals surface area contributed by atoms with Crippen LogP contribution in [0.25, 0.3) is 0 Å². The molecule has 2 rings (SSSR count). The summed E-state index contributed by atoms with van der Waals surface area (Å²) in [6.45, 7) is 0. The van der Waals surface area contributed by atoms with Gasteiger partial charge in [-0.1, -0.05) is 49.8 Å². The van der Waals surface area contributed by atoms with E-state index >= 15 is 0 Å². The fourth-order valence-electron chi connectivity index (χ4n) is 0.797. The second-order valence-electron chi connectivity index (χ2n) is 2.66. The summed E-state index contributed by atoms with van der Waals surface area (Å²) >= 11 is 13.4. The largest absolute Gasteiger partial charge is 2.00 e. The molecule has 0 aliphatic rings. The fourth-order valence-corrected chi connectivity index (χ4v) is 2.59. The molecule has 0 heterocycles. The number of halogens is 4. The maximum absolute atomic E-state index is 3.39. The maximum Gasteiger partial charge on any atom is 2.00 e. The minimum Gasteiger partial charge on any atom is -0.184 e. The molecule has 0 aliphatic carbocycles.